The topological polar surface area (TPSA) is 97.8 Å². The van der Waals surface area contributed by atoms with E-state index in [9.17, 15) is 0 Å². The van der Waals surface area contributed by atoms with E-state index in [-0.39, 0.29) is 0 Å². The Morgan fingerprint density at radius 2 is 1.88 bits per heavy atom. The summed E-state index contributed by atoms with van der Waals surface area (Å²) in [4.78, 5) is 12.5. The van der Waals surface area contributed by atoms with Crippen LogP contribution in [0.1, 0.15) is 16.8 Å². The lowest BCUT2D eigenvalue weighted by molar-refractivity contribution is 0.181. The summed E-state index contributed by atoms with van der Waals surface area (Å²) in [6.07, 6.45) is 4.74. The van der Waals surface area contributed by atoms with Crippen LogP contribution in [0.5, 0.6) is 0 Å². The fourth-order valence-corrected chi connectivity index (χ4v) is 2.13. The Morgan fingerprint density at radius 3 is 2.48 bits per heavy atom. The Balaban J connectivity index is 0.000000212. The SMILES string of the molecule is COCc1cc(N)nc(-c2ccncc2)n1.Cc1cccc(C=N)c1. The number of nitrogens with zero attached hydrogens (tertiary/aromatic N) is 3. The molecule has 6 nitrogen and oxygen atoms in total. The van der Waals surface area contributed by atoms with Gasteiger partial charge in [-0.05, 0) is 24.6 Å². The maximum absolute atomic E-state index is 6.92. The summed E-state index contributed by atoms with van der Waals surface area (Å²) >= 11 is 0. The fraction of sp³-hybridized carbons (Fsp3) is 0.158. The van der Waals surface area contributed by atoms with Gasteiger partial charge in [0.25, 0.3) is 0 Å². The molecular weight excluding hydrogens is 314 g/mol. The van der Waals surface area contributed by atoms with E-state index in [4.69, 9.17) is 15.9 Å². The molecule has 0 aliphatic carbocycles. The van der Waals surface area contributed by atoms with Crippen molar-refractivity contribution < 1.29 is 4.74 Å². The number of aromatic nitrogens is 3. The van der Waals surface area contributed by atoms with Gasteiger partial charge in [0.05, 0.1) is 12.3 Å². The van der Waals surface area contributed by atoms with Gasteiger partial charge in [-0.3, -0.25) is 4.98 Å². The van der Waals surface area contributed by atoms with E-state index in [1.54, 1.807) is 25.6 Å². The van der Waals surface area contributed by atoms with Crippen LogP contribution in [0.4, 0.5) is 5.82 Å². The molecule has 0 spiro atoms. The third kappa shape index (κ3) is 5.78. The molecule has 25 heavy (non-hydrogen) atoms. The summed E-state index contributed by atoms with van der Waals surface area (Å²) in [5.74, 6) is 1.03. The van der Waals surface area contributed by atoms with E-state index >= 15 is 0 Å². The zero-order valence-electron chi connectivity index (χ0n) is 14.3. The Morgan fingerprint density at radius 1 is 1.12 bits per heavy atom. The molecule has 2 aromatic heterocycles. The highest BCUT2D eigenvalue weighted by atomic mass is 16.5. The van der Waals surface area contributed by atoms with Crippen molar-refractivity contribution in [3.63, 3.8) is 0 Å². The Bertz CT molecular complexity index is 821. The second kappa shape index (κ2) is 9.24. The van der Waals surface area contributed by atoms with Crippen molar-refractivity contribution in [3.8, 4) is 11.4 Å². The molecule has 0 bridgehead atoms. The summed E-state index contributed by atoms with van der Waals surface area (Å²) < 4.78 is 5.02. The number of aryl methyl sites for hydroxylation is 1. The van der Waals surface area contributed by atoms with Gasteiger partial charge in [-0.2, -0.15) is 0 Å². The average molecular weight is 335 g/mol. The van der Waals surface area contributed by atoms with Gasteiger partial charge in [0.2, 0.25) is 0 Å². The zero-order chi connectivity index (χ0) is 18.1. The highest BCUT2D eigenvalue weighted by Crippen LogP contribution is 2.15. The third-order valence-corrected chi connectivity index (χ3v) is 3.24. The maximum Gasteiger partial charge on any atom is 0.161 e. The van der Waals surface area contributed by atoms with Crippen molar-refractivity contribution in [3.05, 3.63) is 71.7 Å². The van der Waals surface area contributed by atoms with E-state index in [1.807, 2.05) is 43.3 Å². The van der Waals surface area contributed by atoms with E-state index in [1.165, 1.54) is 11.8 Å². The first-order chi connectivity index (χ1) is 12.1. The van der Waals surface area contributed by atoms with E-state index in [2.05, 4.69) is 15.0 Å². The van der Waals surface area contributed by atoms with Crippen LogP contribution >= 0.6 is 0 Å². The van der Waals surface area contributed by atoms with E-state index < -0.39 is 0 Å². The number of nitrogens with one attached hydrogen (secondary N) is 1. The summed E-state index contributed by atoms with van der Waals surface area (Å²) in [6.45, 7) is 2.44. The third-order valence-electron chi connectivity index (χ3n) is 3.24. The largest absolute Gasteiger partial charge is 0.384 e. The van der Waals surface area contributed by atoms with Crippen LogP contribution in [0.15, 0.2) is 54.9 Å². The van der Waals surface area contributed by atoms with E-state index in [0.717, 1.165) is 16.8 Å². The van der Waals surface area contributed by atoms with Crippen LogP contribution in [0.2, 0.25) is 0 Å². The number of methoxy groups -OCH3 is 1. The fourth-order valence-electron chi connectivity index (χ4n) is 2.13. The molecule has 6 heteroatoms. The van der Waals surface area contributed by atoms with Gasteiger partial charge in [0.15, 0.2) is 5.82 Å². The summed E-state index contributed by atoms with van der Waals surface area (Å²) in [7, 11) is 1.62. The van der Waals surface area contributed by atoms with Crippen molar-refractivity contribution in [1.82, 2.24) is 15.0 Å². The number of hydrogen-bond acceptors (Lipinski definition) is 6. The molecule has 3 N–H and O–H groups in total. The molecule has 0 unspecified atom stereocenters. The molecule has 0 aliphatic rings. The molecule has 0 amide bonds. The lowest BCUT2D eigenvalue weighted by atomic mass is 10.2. The molecule has 0 atom stereocenters. The predicted molar refractivity (Wildman–Crippen MR) is 99.5 cm³/mol. The molecule has 0 aliphatic heterocycles. The Hall–Kier alpha value is -3.12. The molecule has 2 heterocycles. The van der Waals surface area contributed by atoms with Crippen molar-refractivity contribution in [1.29, 1.82) is 5.41 Å². The molecule has 0 fully saturated rings. The first-order valence-corrected chi connectivity index (χ1v) is 7.72. The monoisotopic (exact) mass is 335 g/mol. The number of pyridine rings is 1. The van der Waals surface area contributed by atoms with Gasteiger partial charge in [-0.25, -0.2) is 9.97 Å². The Kier molecular flexibility index (Phi) is 6.74. The predicted octanol–water partition coefficient (Wildman–Crippen LogP) is 3.26. The number of nitrogen functional groups attached to an aromatic ring is 1. The molecule has 3 aromatic rings. The summed E-state index contributed by atoms with van der Waals surface area (Å²) in [6, 6.07) is 13.3. The number of nitrogens with two attached hydrogens (primary N) is 1. The number of anilines is 1. The van der Waals surface area contributed by atoms with Crippen molar-refractivity contribution in [2.75, 3.05) is 12.8 Å². The van der Waals surface area contributed by atoms with Gasteiger partial charge in [0.1, 0.15) is 5.82 Å². The van der Waals surface area contributed by atoms with Crippen molar-refractivity contribution >= 4 is 12.0 Å². The zero-order valence-corrected chi connectivity index (χ0v) is 14.3. The van der Waals surface area contributed by atoms with Crippen LogP contribution in [-0.4, -0.2) is 28.3 Å². The lowest BCUT2D eigenvalue weighted by Gasteiger charge is -2.04. The Labute approximate surface area is 147 Å². The standard InChI is InChI=1S/C11H12N4O.C8H9N/c1-16-7-9-6-10(12)15-11(14-9)8-2-4-13-5-3-8;1-7-3-2-4-8(5-7)6-9/h2-6H,7H2,1H3,(H2,12,14,15);2-6,9H,1H3. The molecular formula is C19H21N5O. The second-order valence-corrected chi connectivity index (χ2v) is 5.34. The maximum atomic E-state index is 6.92. The first-order valence-electron chi connectivity index (χ1n) is 7.72. The molecule has 3 rings (SSSR count). The molecule has 0 saturated heterocycles. The van der Waals surface area contributed by atoms with Crippen LogP contribution in [0.3, 0.4) is 0 Å². The van der Waals surface area contributed by atoms with Crippen LogP contribution in [0.25, 0.3) is 11.4 Å². The van der Waals surface area contributed by atoms with Gasteiger partial charge < -0.3 is 15.9 Å². The van der Waals surface area contributed by atoms with Crippen molar-refractivity contribution in [2.45, 2.75) is 13.5 Å². The number of rotatable bonds is 4. The summed E-state index contributed by atoms with van der Waals surface area (Å²) in [5, 5.41) is 6.92. The average Bonchev–Trinajstić information content (AvgIpc) is 2.63. The minimum atomic E-state index is 0.421. The van der Waals surface area contributed by atoms with Crippen molar-refractivity contribution in [2.24, 2.45) is 0 Å². The molecule has 0 saturated carbocycles. The number of hydrogen-bond donors (Lipinski definition) is 2. The summed E-state index contributed by atoms with van der Waals surface area (Å²) in [5.41, 5.74) is 9.53. The van der Waals surface area contributed by atoms with Crippen LogP contribution in [-0.2, 0) is 11.3 Å². The number of benzene rings is 1. The molecule has 128 valence electrons. The van der Waals surface area contributed by atoms with E-state index in [0.29, 0.717) is 18.2 Å². The highest BCUT2D eigenvalue weighted by Gasteiger charge is 2.04. The highest BCUT2D eigenvalue weighted by molar-refractivity contribution is 5.76. The van der Waals surface area contributed by atoms with Gasteiger partial charge in [-0.1, -0.05) is 29.8 Å². The molecule has 0 radical (unpaired) electrons. The van der Waals surface area contributed by atoms with Gasteiger partial charge in [-0.15, -0.1) is 0 Å². The minimum Gasteiger partial charge on any atom is -0.384 e. The second-order valence-electron chi connectivity index (χ2n) is 5.34. The quantitative estimate of drug-likeness (QED) is 0.713. The normalized spacial score (nSPS) is 9.84. The smallest absolute Gasteiger partial charge is 0.161 e. The van der Waals surface area contributed by atoms with Crippen LogP contribution < -0.4 is 5.73 Å². The number of ether oxygens (including phenoxy) is 1. The first kappa shape index (κ1) is 18.2. The minimum absolute atomic E-state index is 0.421. The van der Waals surface area contributed by atoms with Gasteiger partial charge >= 0.3 is 0 Å². The lowest BCUT2D eigenvalue weighted by Crippen LogP contribution is -2.01. The van der Waals surface area contributed by atoms with Crippen LogP contribution in [0, 0.1) is 12.3 Å². The van der Waals surface area contributed by atoms with Gasteiger partial charge in [0, 0.05) is 37.3 Å². The molecule has 1 aromatic carbocycles.